The molecular formula is C15H20O. The molecule has 0 spiro atoms. The molecule has 1 unspecified atom stereocenters. The first-order valence-corrected chi connectivity index (χ1v) is 5.93. The summed E-state index contributed by atoms with van der Waals surface area (Å²) in [6.07, 6.45) is 5.29. The summed E-state index contributed by atoms with van der Waals surface area (Å²) in [6.45, 7) is 4.64. The fourth-order valence-corrected chi connectivity index (χ4v) is 2.57. The zero-order valence-corrected chi connectivity index (χ0v) is 10.3. The molecule has 2 rings (SSSR count). The van der Waals surface area contributed by atoms with Gasteiger partial charge in [0.15, 0.2) is 0 Å². The Morgan fingerprint density at radius 1 is 1.38 bits per heavy atom. The van der Waals surface area contributed by atoms with E-state index in [2.05, 4.69) is 50.3 Å². The molecule has 0 aromatic heterocycles. The minimum Gasteiger partial charge on any atom is -0.505 e. The van der Waals surface area contributed by atoms with Crippen molar-refractivity contribution in [2.24, 2.45) is 11.3 Å². The van der Waals surface area contributed by atoms with Crippen molar-refractivity contribution in [3.8, 4) is 0 Å². The van der Waals surface area contributed by atoms with Crippen LogP contribution < -0.4 is 0 Å². The van der Waals surface area contributed by atoms with E-state index in [1.54, 1.807) is 7.11 Å². The highest BCUT2D eigenvalue weighted by molar-refractivity contribution is 5.25. The van der Waals surface area contributed by atoms with Gasteiger partial charge in [-0.05, 0) is 35.3 Å². The second-order valence-electron chi connectivity index (χ2n) is 5.05. The van der Waals surface area contributed by atoms with Gasteiger partial charge in [-0.2, -0.15) is 0 Å². The van der Waals surface area contributed by atoms with Crippen LogP contribution >= 0.6 is 0 Å². The third-order valence-corrected chi connectivity index (χ3v) is 3.86. The van der Waals surface area contributed by atoms with Crippen LogP contribution in [0.25, 0.3) is 0 Å². The maximum atomic E-state index is 5.01. The van der Waals surface area contributed by atoms with Gasteiger partial charge in [-0.15, -0.1) is 0 Å². The van der Waals surface area contributed by atoms with Crippen LogP contribution in [0.15, 0.2) is 42.7 Å². The van der Waals surface area contributed by atoms with Crippen molar-refractivity contribution in [3.05, 3.63) is 48.2 Å². The molecule has 3 atom stereocenters. The summed E-state index contributed by atoms with van der Waals surface area (Å²) in [6, 6.07) is 10.8. The van der Waals surface area contributed by atoms with Crippen LogP contribution in [-0.2, 0) is 4.74 Å². The Kier molecular flexibility index (Phi) is 3.04. The normalized spacial score (nSPS) is 30.3. The second kappa shape index (κ2) is 4.32. The summed E-state index contributed by atoms with van der Waals surface area (Å²) in [5, 5.41) is 0. The van der Waals surface area contributed by atoms with Gasteiger partial charge in [0.2, 0.25) is 0 Å². The molecule has 0 aliphatic heterocycles. The molecule has 86 valence electrons. The Balaban J connectivity index is 2.04. The van der Waals surface area contributed by atoms with Gasteiger partial charge in [0, 0.05) is 0 Å². The van der Waals surface area contributed by atoms with Crippen molar-refractivity contribution in [1.82, 2.24) is 0 Å². The Morgan fingerprint density at radius 2 is 2.06 bits per heavy atom. The molecule has 0 radical (unpaired) electrons. The van der Waals surface area contributed by atoms with Crippen molar-refractivity contribution < 1.29 is 4.74 Å². The first-order valence-electron chi connectivity index (χ1n) is 5.93. The van der Waals surface area contributed by atoms with Crippen LogP contribution in [-0.4, -0.2) is 7.11 Å². The Hall–Kier alpha value is -1.24. The highest BCUT2D eigenvalue weighted by Crippen LogP contribution is 2.59. The zero-order chi connectivity index (χ0) is 11.6. The molecule has 0 bridgehead atoms. The average Bonchev–Trinajstić information content (AvgIpc) is 3.00. The van der Waals surface area contributed by atoms with Gasteiger partial charge in [-0.1, -0.05) is 44.2 Å². The molecule has 1 aliphatic rings. The fraction of sp³-hybridized carbons (Fsp3) is 0.467. The molecule has 1 heteroatoms. The second-order valence-corrected chi connectivity index (χ2v) is 5.05. The van der Waals surface area contributed by atoms with Gasteiger partial charge in [-0.3, -0.25) is 0 Å². The summed E-state index contributed by atoms with van der Waals surface area (Å²) >= 11 is 0. The number of benzene rings is 1. The summed E-state index contributed by atoms with van der Waals surface area (Å²) in [4.78, 5) is 0. The predicted molar refractivity (Wildman–Crippen MR) is 67.2 cm³/mol. The van der Waals surface area contributed by atoms with Gasteiger partial charge < -0.3 is 4.74 Å². The number of methoxy groups -OCH3 is 1. The lowest BCUT2D eigenvalue weighted by atomic mass is 9.91. The molecule has 0 amide bonds. The van der Waals surface area contributed by atoms with Gasteiger partial charge in [-0.25, -0.2) is 0 Å². The molecular weight excluding hydrogens is 196 g/mol. The molecule has 0 N–H and O–H groups in total. The summed E-state index contributed by atoms with van der Waals surface area (Å²) < 4.78 is 5.01. The van der Waals surface area contributed by atoms with Gasteiger partial charge in [0.25, 0.3) is 0 Å². The number of hydrogen-bond acceptors (Lipinski definition) is 1. The molecule has 1 fully saturated rings. The molecule has 1 aliphatic carbocycles. The van der Waals surface area contributed by atoms with E-state index < -0.39 is 0 Å². The van der Waals surface area contributed by atoms with Crippen LogP contribution in [0.3, 0.4) is 0 Å². The predicted octanol–water partition coefficient (Wildman–Crippen LogP) is 3.98. The molecule has 1 aromatic rings. The lowest BCUT2D eigenvalue weighted by Gasteiger charge is -2.14. The topological polar surface area (TPSA) is 9.23 Å². The average molecular weight is 216 g/mol. The molecule has 0 saturated heterocycles. The minimum absolute atomic E-state index is 0.339. The standard InChI is InChI=1S/C15H20O/c1-12(13-7-5-4-6-8-13)14-11-15(14,2)9-10-16-3/h4-10,12,14H,11H2,1-3H3/b10-9-/t12?,14-,15-/m0/s1. The van der Waals surface area contributed by atoms with Gasteiger partial charge in [0.1, 0.15) is 0 Å². The van der Waals surface area contributed by atoms with E-state index in [9.17, 15) is 0 Å². The summed E-state index contributed by atoms with van der Waals surface area (Å²) in [5.74, 6) is 1.38. The Bertz CT molecular complexity index is 368. The van der Waals surface area contributed by atoms with Crippen LogP contribution in [0.4, 0.5) is 0 Å². The first kappa shape index (κ1) is 11.3. The maximum Gasteiger partial charge on any atom is 0.0790 e. The third-order valence-electron chi connectivity index (χ3n) is 3.86. The maximum absolute atomic E-state index is 5.01. The van der Waals surface area contributed by atoms with E-state index in [0.717, 1.165) is 5.92 Å². The molecule has 1 nitrogen and oxygen atoms in total. The van der Waals surface area contributed by atoms with Crippen molar-refractivity contribution in [1.29, 1.82) is 0 Å². The SMILES string of the molecule is CO/C=C\[C@@]1(C)C[C@H]1C(C)c1ccccc1. The van der Waals surface area contributed by atoms with E-state index in [1.807, 2.05) is 6.26 Å². The van der Waals surface area contributed by atoms with Crippen molar-refractivity contribution in [2.75, 3.05) is 7.11 Å². The molecule has 1 saturated carbocycles. The fourth-order valence-electron chi connectivity index (χ4n) is 2.57. The van der Waals surface area contributed by atoms with E-state index in [0.29, 0.717) is 11.3 Å². The van der Waals surface area contributed by atoms with E-state index in [1.165, 1.54) is 12.0 Å². The number of rotatable bonds is 4. The van der Waals surface area contributed by atoms with E-state index in [4.69, 9.17) is 4.74 Å². The number of ether oxygens (including phenoxy) is 1. The lowest BCUT2D eigenvalue weighted by molar-refractivity contribution is 0.332. The third kappa shape index (κ3) is 2.13. The van der Waals surface area contributed by atoms with Crippen molar-refractivity contribution in [2.45, 2.75) is 26.2 Å². The monoisotopic (exact) mass is 216 g/mol. The Labute approximate surface area is 98.1 Å². The van der Waals surface area contributed by atoms with Crippen LogP contribution in [0.2, 0.25) is 0 Å². The van der Waals surface area contributed by atoms with Crippen molar-refractivity contribution >= 4 is 0 Å². The number of hydrogen-bond donors (Lipinski definition) is 0. The van der Waals surface area contributed by atoms with Crippen LogP contribution in [0.1, 0.15) is 31.7 Å². The highest BCUT2D eigenvalue weighted by Gasteiger charge is 2.50. The van der Waals surface area contributed by atoms with E-state index in [-0.39, 0.29) is 0 Å². The van der Waals surface area contributed by atoms with Crippen LogP contribution in [0, 0.1) is 11.3 Å². The summed E-state index contributed by atoms with van der Waals surface area (Å²) in [7, 11) is 1.71. The van der Waals surface area contributed by atoms with Crippen molar-refractivity contribution in [3.63, 3.8) is 0 Å². The van der Waals surface area contributed by atoms with E-state index >= 15 is 0 Å². The molecule has 0 heterocycles. The largest absolute Gasteiger partial charge is 0.505 e. The number of allylic oxidation sites excluding steroid dienone is 1. The van der Waals surface area contributed by atoms with Crippen LogP contribution in [0.5, 0.6) is 0 Å². The zero-order valence-electron chi connectivity index (χ0n) is 10.3. The molecule has 1 aromatic carbocycles. The van der Waals surface area contributed by atoms with Gasteiger partial charge >= 0.3 is 0 Å². The smallest absolute Gasteiger partial charge is 0.0790 e. The Morgan fingerprint density at radius 3 is 2.69 bits per heavy atom. The quantitative estimate of drug-likeness (QED) is 0.692. The molecule has 16 heavy (non-hydrogen) atoms. The highest BCUT2D eigenvalue weighted by atomic mass is 16.5. The minimum atomic E-state index is 0.339. The lowest BCUT2D eigenvalue weighted by Crippen LogP contribution is -2.02. The van der Waals surface area contributed by atoms with Gasteiger partial charge in [0.05, 0.1) is 13.4 Å². The summed E-state index contributed by atoms with van der Waals surface area (Å²) in [5.41, 5.74) is 1.78. The first-order chi connectivity index (χ1) is 7.67.